The van der Waals surface area contributed by atoms with Crippen molar-refractivity contribution in [3.05, 3.63) is 53.6 Å². The number of β-amino-alcohol motifs (C(OH)–C–C–N with tert-alkyl or cyclic N) is 1. The van der Waals surface area contributed by atoms with Gasteiger partial charge in [-0.2, -0.15) is 0 Å². The lowest BCUT2D eigenvalue weighted by Gasteiger charge is -2.39. The predicted molar refractivity (Wildman–Crippen MR) is 141 cm³/mol. The Morgan fingerprint density at radius 1 is 0.973 bits per heavy atom. The standard InChI is InChI=1S/C28H39N3O6/c1-34-25-16-22(17-26(35-2)27(25)36-3)28(33)31-11-9-29(10-12-31)19-24-20-30(13-14-37-24)18-23(32)15-21-7-5-4-6-8-21/h4-8,16-17,23-24,32H,9-15,18-20H2,1-3H3/t23-,24+/m1/s1. The van der Waals surface area contributed by atoms with Crippen molar-refractivity contribution in [2.45, 2.75) is 18.6 Å². The van der Waals surface area contributed by atoms with Crippen molar-refractivity contribution < 1.29 is 28.8 Å². The molecule has 1 amide bonds. The van der Waals surface area contributed by atoms with Crippen LogP contribution in [-0.2, 0) is 11.2 Å². The Morgan fingerprint density at radius 2 is 1.65 bits per heavy atom. The van der Waals surface area contributed by atoms with E-state index in [0.29, 0.717) is 55.5 Å². The van der Waals surface area contributed by atoms with E-state index in [1.165, 1.54) is 0 Å². The van der Waals surface area contributed by atoms with E-state index in [1.54, 1.807) is 33.5 Å². The molecule has 0 spiro atoms. The summed E-state index contributed by atoms with van der Waals surface area (Å²) < 4.78 is 22.2. The lowest BCUT2D eigenvalue weighted by atomic mass is 10.1. The molecule has 202 valence electrons. The van der Waals surface area contributed by atoms with E-state index in [0.717, 1.165) is 38.3 Å². The quantitative estimate of drug-likeness (QED) is 0.515. The normalized spacial score (nSPS) is 19.9. The molecule has 0 radical (unpaired) electrons. The first-order chi connectivity index (χ1) is 18.0. The van der Waals surface area contributed by atoms with Crippen LogP contribution in [0.4, 0.5) is 0 Å². The zero-order valence-electron chi connectivity index (χ0n) is 22.1. The molecule has 0 saturated carbocycles. The van der Waals surface area contributed by atoms with E-state index in [9.17, 15) is 9.90 Å². The molecule has 37 heavy (non-hydrogen) atoms. The van der Waals surface area contributed by atoms with Gasteiger partial charge >= 0.3 is 0 Å². The number of hydrogen-bond acceptors (Lipinski definition) is 8. The summed E-state index contributed by atoms with van der Waals surface area (Å²) in [5.41, 5.74) is 1.67. The summed E-state index contributed by atoms with van der Waals surface area (Å²) in [4.78, 5) is 19.7. The second kappa shape index (κ2) is 13.1. The van der Waals surface area contributed by atoms with Crippen LogP contribution in [0, 0.1) is 0 Å². The van der Waals surface area contributed by atoms with Crippen LogP contribution in [0.25, 0.3) is 0 Å². The van der Waals surface area contributed by atoms with Crippen LogP contribution < -0.4 is 14.2 Å². The fourth-order valence-electron chi connectivity index (χ4n) is 5.11. The second-order valence-electron chi connectivity index (χ2n) is 9.60. The van der Waals surface area contributed by atoms with Gasteiger partial charge in [-0.1, -0.05) is 30.3 Å². The molecule has 4 rings (SSSR count). The van der Waals surface area contributed by atoms with Gasteiger partial charge in [0.1, 0.15) is 0 Å². The highest BCUT2D eigenvalue weighted by Gasteiger charge is 2.28. The maximum Gasteiger partial charge on any atom is 0.254 e. The number of carbonyl (C=O) groups is 1. The molecule has 2 aliphatic rings. The van der Waals surface area contributed by atoms with Crippen molar-refractivity contribution in [3.8, 4) is 17.2 Å². The van der Waals surface area contributed by atoms with E-state index in [2.05, 4.69) is 21.9 Å². The first-order valence-electron chi connectivity index (χ1n) is 12.9. The topological polar surface area (TPSA) is 83.9 Å². The molecule has 0 unspecified atom stereocenters. The zero-order chi connectivity index (χ0) is 26.2. The largest absolute Gasteiger partial charge is 0.493 e. The van der Waals surface area contributed by atoms with Gasteiger partial charge in [0.15, 0.2) is 11.5 Å². The number of aliphatic hydroxyl groups excluding tert-OH is 1. The number of hydrogen-bond donors (Lipinski definition) is 1. The molecular formula is C28H39N3O6. The minimum atomic E-state index is -0.397. The Kier molecular flexibility index (Phi) is 9.62. The average molecular weight is 514 g/mol. The fraction of sp³-hybridized carbons (Fsp3) is 0.536. The predicted octanol–water partition coefficient (Wildman–Crippen LogP) is 1.77. The van der Waals surface area contributed by atoms with Crippen LogP contribution in [0.3, 0.4) is 0 Å². The molecule has 1 N–H and O–H groups in total. The molecule has 0 bridgehead atoms. The molecule has 0 aromatic heterocycles. The van der Waals surface area contributed by atoms with E-state index in [-0.39, 0.29) is 12.0 Å². The van der Waals surface area contributed by atoms with Crippen LogP contribution in [0.1, 0.15) is 15.9 Å². The monoisotopic (exact) mass is 513 g/mol. The number of amides is 1. The third-order valence-corrected chi connectivity index (χ3v) is 7.04. The smallest absolute Gasteiger partial charge is 0.254 e. The highest BCUT2D eigenvalue weighted by Crippen LogP contribution is 2.38. The number of methoxy groups -OCH3 is 3. The first kappa shape index (κ1) is 27.2. The molecule has 2 aromatic rings. The van der Waals surface area contributed by atoms with Crippen molar-refractivity contribution in [2.24, 2.45) is 0 Å². The van der Waals surface area contributed by atoms with E-state index in [4.69, 9.17) is 18.9 Å². The van der Waals surface area contributed by atoms with Crippen molar-refractivity contribution >= 4 is 5.91 Å². The van der Waals surface area contributed by atoms with E-state index in [1.807, 2.05) is 23.1 Å². The van der Waals surface area contributed by atoms with Crippen LogP contribution in [0.15, 0.2) is 42.5 Å². The van der Waals surface area contributed by atoms with Gasteiger partial charge in [-0.25, -0.2) is 0 Å². The summed E-state index contributed by atoms with van der Waals surface area (Å²) >= 11 is 0. The lowest BCUT2D eigenvalue weighted by Crippen LogP contribution is -2.54. The fourth-order valence-corrected chi connectivity index (χ4v) is 5.11. The average Bonchev–Trinajstić information content (AvgIpc) is 2.93. The molecular weight excluding hydrogens is 474 g/mol. The maximum atomic E-state index is 13.2. The van der Waals surface area contributed by atoms with Gasteiger partial charge in [-0.05, 0) is 24.1 Å². The van der Waals surface area contributed by atoms with Gasteiger partial charge in [0.2, 0.25) is 5.75 Å². The van der Waals surface area contributed by atoms with Gasteiger partial charge in [0.25, 0.3) is 5.91 Å². The Labute approximate surface area is 219 Å². The molecule has 2 fully saturated rings. The summed E-state index contributed by atoms with van der Waals surface area (Å²) in [6, 6.07) is 13.5. The van der Waals surface area contributed by atoms with Crippen molar-refractivity contribution in [3.63, 3.8) is 0 Å². The van der Waals surface area contributed by atoms with E-state index >= 15 is 0 Å². The molecule has 2 aliphatic heterocycles. The number of ether oxygens (including phenoxy) is 4. The van der Waals surface area contributed by atoms with Gasteiger partial charge < -0.3 is 29.0 Å². The number of carbonyl (C=O) groups excluding carboxylic acids is 1. The summed E-state index contributed by atoms with van der Waals surface area (Å²) in [5.74, 6) is 1.36. The zero-order valence-corrected chi connectivity index (χ0v) is 22.1. The highest BCUT2D eigenvalue weighted by atomic mass is 16.5. The third kappa shape index (κ3) is 7.13. The lowest BCUT2D eigenvalue weighted by molar-refractivity contribution is -0.0562. The number of benzene rings is 2. The Balaban J connectivity index is 1.25. The Hall–Kier alpha value is -2.85. The number of piperazine rings is 1. The van der Waals surface area contributed by atoms with Crippen molar-refractivity contribution in [2.75, 3.05) is 80.3 Å². The molecule has 2 saturated heterocycles. The van der Waals surface area contributed by atoms with Crippen LogP contribution >= 0.6 is 0 Å². The molecule has 2 atom stereocenters. The maximum absolute atomic E-state index is 13.2. The number of morpholine rings is 1. The molecule has 2 aromatic carbocycles. The summed E-state index contributed by atoms with van der Waals surface area (Å²) in [7, 11) is 4.63. The van der Waals surface area contributed by atoms with E-state index < -0.39 is 6.10 Å². The first-order valence-corrected chi connectivity index (χ1v) is 12.9. The van der Waals surface area contributed by atoms with Crippen LogP contribution in [0.2, 0.25) is 0 Å². The summed E-state index contributed by atoms with van der Waals surface area (Å²) in [5, 5.41) is 10.6. The van der Waals surface area contributed by atoms with Gasteiger partial charge in [-0.3, -0.25) is 14.6 Å². The summed E-state index contributed by atoms with van der Waals surface area (Å²) in [6.45, 7) is 6.62. The number of nitrogens with zero attached hydrogens (tertiary/aromatic N) is 3. The molecule has 9 heteroatoms. The number of aliphatic hydroxyl groups is 1. The van der Waals surface area contributed by atoms with Crippen LogP contribution in [-0.4, -0.2) is 118 Å². The molecule has 2 heterocycles. The number of rotatable bonds is 10. The minimum absolute atomic E-state index is 0.0496. The van der Waals surface area contributed by atoms with Crippen molar-refractivity contribution in [1.29, 1.82) is 0 Å². The molecule has 9 nitrogen and oxygen atoms in total. The van der Waals surface area contributed by atoms with Gasteiger partial charge in [0, 0.05) is 57.9 Å². The highest BCUT2D eigenvalue weighted by molar-refractivity contribution is 5.95. The SMILES string of the molecule is COc1cc(C(=O)N2CCN(C[C@H]3CN(C[C@H](O)Cc4ccccc4)CCO3)CC2)cc(OC)c1OC. The summed E-state index contributed by atoms with van der Waals surface area (Å²) in [6.07, 6.45) is 0.353. The second-order valence-corrected chi connectivity index (χ2v) is 9.60. The molecule has 0 aliphatic carbocycles. The minimum Gasteiger partial charge on any atom is -0.493 e. The third-order valence-electron chi connectivity index (χ3n) is 7.04. The van der Waals surface area contributed by atoms with Crippen molar-refractivity contribution in [1.82, 2.24) is 14.7 Å². The van der Waals surface area contributed by atoms with Gasteiger partial charge in [-0.15, -0.1) is 0 Å². The van der Waals surface area contributed by atoms with Crippen LogP contribution in [0.5, 0.6) is 17.2 Å². The Bertz CT molecular complexity index is 987. The van der Waals surface area contributed by atoms with Gasteiger partial charge in [0.05, 0.1) is 40.1 Å². The Morgan fingerprint density at radius 3 is 2.27 bits per heavy atom.